The molecule has 0 radical (unpaired) electrons. The first kappa shape index (κ1) is 10.8. The van der Waals surface area contributed by atoms with Crippen molar-refractivity contribution in [2.24, 2.45) is 11.1 Å². The molecule has 0 aromatic carbocycles. The van der Waals surface area contributed by atoms with E-state index >= 15 is 0 Å². The Morgan fingerprint density at radius 1 is 1.60 bits per heavy atom. The molecule has 4 nitrogen and oxygen atoms in total. The van der Waals surface area contributed by atoms with Gasteiger partial charge in [0.15, 0.2) is 0 Å². The summed E-state index contributed by atoms with van der Waals surface area (Å²) in [6.07, 6.45) is 3.23. The first-order chi connectivity index (χ1) is 7.10. The Labute approximate surface area is 95.2 Å². The van der Waals surface area contributed by atoms with Gasteiger partial charge in [-0.1, -0.05) is 12.2 Å². The summed E-state index contributed by atoms with van der Waals surface area (Å²) >= 11 is 4.95. The van der Waals surface area contributed by atoms with Gasteiger partial charge in [0, 0.05) is 26.1 Å². The largest absolute Gasteiger partial charge is 0.393 e. The van der Waals surface area contributed by atoms with E-state index in [1.807, 2.05) is 0 Å². The van der Waals surface area contributed by atoms with Crippen LogP contribution in [0.2, 0.25) is 0 Å². The summed E-state index contributed by atoms with van der Waals surface area (Å²) in [4.78, 5) is 14.0. The van der Waals surface area contributed by atoms with Crippen molar-refractivity contribution in [1.29, 1.82) is 0 Å². The van der Waals surface area contributed by atoms with E-state index in [0.717, 1.165) is 26.1 Å². The van der Waals surface area contributed by atoms with Crippen molar-refractivity contribution < 1.29 is 4.79 Å². The van der Waals surface area contributed by atoms with E-state index < -0.39 is 0 Å². The minimum absolute atomic E-state index is 0.132. The van der Waals surface area contributed by atoms with Crippen LogP contribution in [0.25, 0.3) is 0 Å². The Morgan fingerprint density at radius 2 is 2.33 bits per heavy atom. The van der Waals surface area contributed by atoms with E-state index in [4.69, 9.17) is 18.0 Å². The van der Waals surface area contributed by atoms with Crippen LogP contribution in [0.4, 0.5) is 0 Å². The second-order valence-corrected chi connectivity index (χ2v) is 5.23. The monoisotopic (exact) mass is 227 g/mol. The van der Waals surface area contributed by atoms with Crippen LogP contribution in [0, 0.1) is 5.41 Å². The van der Waals surface area contributed by atoms with Crippen molar-refractivity contribution in [1.82, 2.24) is 10.2 Å². The summed E-state index contributed by atoms with van der Waals surface area (Å²) in [6, 6.07) is 0. The van der Waals surface area contributed by atoms with Gasteiger partial charge in [0.25, 0.3) is 0 Å². The molecule has 0 atom stereocenters. The highest BCUT2D eigenvalue weighted by atomic mass is 32.1. The predicted octanol–water partition coefficient (Wildman–Crippen LogP) is -0.125. The van der Waals surface area contributed by atoms with Gasteiger partial charge in [-0.15, -0.1) is 0 Å². The molecule has 0 aromatic heterocycles. The third-order valence-electron chi connectivity index (χ3n) is 3.18. The molecule has 0 spiro atoms. The number of nitrogens with one attached hydrogen (secondary N) is 1. The fourth-order valence-corrected chi connectivity index (χ4v) is 2.54. The molecule has 0 aromatic rings. The third-order valence-corrected chi connectivity index (χ3v) is 3.33. The molecule has 1 amide bonds. The maximum absolute atomic E-state index is 11.2. The molecule has 2 rings (SSSR count). The van der Waals surface area contributed by atoms with Crippen molar-refractivity contribution in [3.63, 3.8) is 0 Å². The van der Waals surface area contributed by atoms with Crippen molar-refractivity contribution in [2.75, 3.05) is 26.2 Å². The Morgan fingerprint density at radius 3 is 2.87 bits per heavy atom. The zero-order valence-corrected chi connectivity index (χ0v) is 9.61. The minimum Gasteiger partial charge on any atom is -0.393 e. The quantitative estimate of drug-likeness (QED) is 0.657. The fraction of sp³-hybridized carbons (Fsp3) is 0.800. The van der Waals surface area contributed by atoms with Crippen LogP contribution in [0.1, 0.15) is 19.3 Å². The second kappa shape index (κ2) is 4.06. The summed E-state index contributed by atoms with van der Waals surface area (Å²) in [5, 5.41) is 2.83. The Hall–Kier alpha value is -0.680. The maximum Gasteiger partial charge on any atom is 0.234 e. The molecule has 1 aliphatic carbocycles. The molecule has 2 fully saturated rings. The van der Waals surface area contributed by atoms with E-state index in [9.17, 15) is 4.79 Å². The van der Waals surface area contributed by atoms with Gasteiger partial charge in [0.2, 0.25) is 5.91 Å². The standard InChI is InChI=1S/C10H17N3OS/c11-8(15)5-10(1-2-10)7-13-4-3-12-9(14)6-13/h1-7H2,(H2,11,15)(H,12,14). The lowest BCUT2D eigenvalue weighted by atomic mass is 10.0. The number of amides is 1. The molecule has 2 aliphatic rings. The van der Waals surface area contributed by atoms with Gasteiger partial charge in [-0.3, -0.25) is 9.69 Å². The van der Waals surface area contributed by atoms with Crippen LogP contribution in [-0.4, -0.2) is 42.0 Å². The van der Waals surface area contributed by atoms with E-state index in [-0.39, 0.29) is 5.91 Å². The predicted molar refractivity (Wildman–Crippen MR) is 62.5 cm³/mol. The molecule has 3 N–H and O–H groups in total. The van der Waals surface area contributed by atoms with Gasteiger partial charge in [-0.25, -0.2) is 0 Å². The van der Waals surface area contributed by atoms with Crippen LogP contribution in [-0.2, 0) is 4.79 Å². The number of piperazine rings is 1. The van der Waals surface area contributed by atoms with E-state index in [1.165, 1.54) is 12.8 Å². The topological polar surface area (TPSA) is 58.4 Å². The number of thiocarbonyl (C=S) groups is 1. The zero-order valence-electron chi connectivity index (χ0n) is 8.79. The number of nitrogens with zero attached hydrogens (tertiary/aromatic N) is 1. The average molecular weight is 227 g/mol. The van der Waals surface area contributed by atoms with Crippen LogP contribution in [0.5, 0.6) is 0 Å². The molecule has 0 unspecified atom stereocenters. The first-order valence-electron chi connectivity index (χ1n) is 5.37. The minimum atomic E-state index is 0.132. The highest BCUT2D eigenvalue weighted by molar-refractivity contribution is 7.80. The lowest BCUT2D eigenvalue weighted by Gasteiger charge is -2.30. The van der Waals surface area contributed by atoms with Gasteiger partial charge in [0.05, 0.1) is 11.5 Å². The highest BCUT2D eigenvalue weighted by Gasteiger charge is 2.44. The number of nitrogens with two attached hydrogens (primary N) is 1. The van der Waals surface area contributed by atoms with Gasteiger partial charge in [-0.2, -0.15) is 0 Å². The van der Waals surface area contributed by atoms with Crippen molar-refractivity contribution >= 4 is 23.1 Å². The maximum atomic E-state index is 11.2. The summed E-state index contributed by atoms with van der Waals surface area (Å²) in [5.41, 5.74) is 5.88. The molecule has 1 heterocycles. The fourth-order valence-electron chi connectivity index (χ4n) is 2.24. The van der Waals surface area contributed by atoms with Crippen LogP contribution >= 0.6 is 12.2 Å². The van der Waals surface area contributed by atoms with Gasteiger partial charge >= 0.3 is 0 Å². The van der Waals surface area contributed by atoms with Gasteiger partial charge in [0.1, 0.15) is 0 Å². The molecular weight excluding hydrogens is 210 g/mol. The highest BCUT2D eigenvalue weighted by Crippen LogP contribution is 2.49. The number of carbonyl (C=O) groups excluding carboxylic acids is 1. The van der Waals surface area contributed by atoms with Crippen molar-refractivity contribution in [3.8, 4) is 0 Å². The lowest BCUT2D eigenvalue weighted by molar-refractivity contribution is -0.124. The molecule has 1 saturated heterocycles. The van der Waals surface area contributed by atoms with Crippen LogP contribution in [0.15, 0.2) is 0 Å². The van der Waals surface area contributed by atoms with E-state index in [1.54, 1.807) is 0 Å². The molecular formula is C10H17N3OS. The van der Waals surface area contributed by atoms with Crippen LogP contribution in [0.3, 0.4) is 0 Å². The van der Waals surface area contributed by atoms with Crippen molar-refractivity contribution in [3.05, 3.63) is 0 Å². The Bertz CT molecular complexity index is 288. The average Bonchev–Trinajstić information content (AvgIpc) is 2.83. The molecule has 84 valence electrons. The van der Waals surface area contributed by atoms with Crippen molar-refractivity contribution in [2.45, 2.75) is 19.3 Å². The van der Waals surface area contributed by atoms with E-state index in [2.05, 4.69) is 10.2 Å². The normalized spacial score (nSPS) is 24.7. The number of rotatable bonds is 4. The summed E-state index contributed by atoms with van der Waals surface area (Å²) < 4.78 is 0. The molecule has 15 heavy (non-hydrogen) atoms. The van der Waals surface area contributed by atoms with Crippen LogP contribution < -0.4 is 11.1 Å². The Kier molecular flexibility index (Phi) is 2.93. The third kappa shape index (κ3) is 2.89. The second-order valence-electron chi connectivity index (χ2n) is 4.70. The number of hydrogen-bond acceptors (Lipinski definition) is 3. The first-order valence-corrected chi connectivity index (χ1v) is 5.78. The molecule has 1 aliphatic heterocycles. The lowest BCUT2D eigenvalue weighted by Crippen LogP contribution is -2.49. The SMILES string of the molecule is NC(=S)CC1(CN2CCNC(=O)C2)CC1. The number of carbonyl (C=O) groups is 1. The zero-order chi connectivity index (χ0) is 10.9. The van der Waals surface area contributed by atoms with E-state index in [0.29, 0.717) is 16.9 Å². The molecule has 5 heteroatoms. The van der Waals surface area contributed by atoms with Gasteiger partial charge in [-0.05, 0) is 18.3 Å². The summed E-state index contributed by atoms with van der Waals surface area (Å²) in [6.45, 7) is 3.21. The number of hydrogen-bond donors (Lipinski definition) is 2. The van der Waals surface area contributed by atoms with Gasteiger partial charge < -0.3 is 11.1 Å². The summed E-state index contributed by atoms with van der Waals surface area (Å²) in [5.74, 6) is 0.132. The summed E-state index contributed by atoms with van der Waals surface area (Å²) in [7, 11) is 0. The molecule has 0 bridgehead atoms. The smallest absolute Gasteiger partial charge is 0.234 e. The molecule has 1 saturated carbocycles. The Balaban J connectivity index is 1.85.